The predicted octanol–water partition coefficient (Wildman–Crippen LogP) is 2.17. The van der Waals surface area contributed by atoms with Crippen LogP contribution in [0.4, 0.5) is 0 Å². The van der Waals surface area contributed by atoms with Gasteiger partial charge in [0.15, 0.2) is 5.82 Å². The molecule has 2 aliphatic rings. The number of piperidine rings is 1. The van der Waals surface area contributed by atoms with Gasteiger partial charge < -0.3 is 9.26 Å². The van der Waals surface area contributed by atoms with Crippen LogP contribution in [0.25, 0.3) is 11.5 Å². The first-order valence-electron chi connectivity index (χ1n) is 8.28. The third-order valence-corrected chi connectivity index (χ3v) is 6.73. The molecule has 2 N–H and O–H groups in total. The van der Waals surface area contributed by atoms with E-state index in [1.54, 1.807) is 25.3 Å². The van der Waals surface area contributed by atoms with Crippen molar-refractivity contribution in [2.75, 3.05) is 20.2 Å². The van der Waals surface area contributed by atoms with Crippen molar-refractivity contribution in [3.05, 3.63) is 29.0 Å². The normalized spacial score (nSPS) is 22.5. The van der Waals surface area contributed by atoms with Crippen molar-refractivity contribution in [3.63, 3.8) is 0 Å². The molecule has 1 saturated carbocycles. The highest BCUT2D eigenvalue weighted by molar-refractivity contribution is 7.86. The summed E-state index contributed by atoms with van der Waals surface area (Å²) < 4.78 is 35.0. The van der Waals surface area contributed by atoms with Gasteiger partial charge in [-0.15, -0.1) is 0 Å². The minimum Gasteiger partial charge on any atom is -0.496 e. The Bertz CT molecular complexity index is 937. The van der Waals surface area contributed by atoms with Crippen molar-refractivity contribution in [2.45, 2.75) is 25.2 Å². The van der Waals surface area contributed by atoms with Gasteiger partial charge in [0.1, 0.15) is 5.75 Å². The van der Waals surface area contributed by atoms with Gasteiger partial charge >= 0.3 is 0 Å². The highest BCUT2D eigenvalue weighted by atomic mass is 35.5. The lowest BCUT2D eigenvalue weighted by molar-refractivity contribution is 0.249. The van der Waals surface area contributed by atoms with E-state index in [4.69, 9.17) is 26.0 Å². The fourth-order valence-corrected chi connectivity index (χ4v) is 4.65. The number of rotatable bonds is 4. The molecule has 140 valence electrons. The second-order valence-electron chi connectivity index (χ2n) is 6.87. The first-order chi connectivity index (χ1) is 12.3. The molecule has 0 bridgehead atoms. The van der Waals surface area contributed by atoms with E-state index in [9.17, 15) is 8.42 Å². The Balaban J connectivity index is 1.52. The Morgan fingerprint density at radius 3 is 2.77 bits per heavy atom. The van der Waals surface area contributed by atoms with Crippen molar-refractivity contribution < 1.29 is 17.7 Å². The molecule has 1 spiro atoms. The number of aromatic nitrogens is 2. The monoisotopic (exact) mass is 398 g/mol. The number of hydrogen-bond donors (Lipinski definition) is 1. The van der Waals surface area contributed by atoms with Gasteiger partial charge in [-0.1, -0.05) is 16.8 Å². The fourth-order valence-electron chi connectivity index (χ4n) is 3.78. The second-order valence-corrected chi connectivity index (χ2v) is 8.85. The van der Waals surface area contributed by atoms with Crippen molar-refractivity contribution in [2.24, 2.45) is 10.6 Å². The Hall–Kier alpha value is -1.68. The predicted molar refractivity (Wildman–Crippen MR) is 95.0 cm³/mol. The van der Waals surface area contributed by atoms with Crippen molar-refractivity contribution in [1.29, 1.82) is 0 Å². The number of benzene rings is 1. The summed E-state index contributed by atoms with van der Waals surface area (Å²) in [5.74, 6) is 1.79. The zero-order chi connectivity index (χ0) is 18.5. The first-order valence-corrected chi connectivity index (χ1v) is 10.2. The minimum absolute atomic E-state index is 0.0424. The number of halogens is 1. The topological polar surface area (TPSA) is 112 Å². The maximum atomic E-state index is 11.5. The number of hydrogen-bond acceptors (Lipinski definition) is 6. The molecule has 1 atom stereocenters. The average molecular weight is 399 g/mol. The average Bonchev–Trinajstić information content (AvgIpc) is 3.07. The van der Waals surface area contributed by atoms with Crippen LogP contribution >= 0.6 is 11.6 Å². The third kappa shape index (κ3) is 3.09. The molecule has 2 heterocycles. The summed E-state index contributed by atoms with van der Waals surface area (Å²) in [7, 11) is -2.05. The van der Waals surface area contributed by atoms with Crippen LogP contribution < -0.4 is 9.88 Å². The van der Waals surface area contributed by atoms with E-state index in [0.717, 1.165) is 19.3 Å². The quantitative estimate of drug-likeness (QED) is 0.844. The molecule has 1 aliphatic heterocycles. The lowest BCUT2D eigenvalue weighted by Gasteiger charge is -2.30. The smallest absolute Gasteiger partial charge is 0.276 e. The Morgan fingerprint density at radius 2 is 2.12 bits per heavy atom. The number of ether oxygens (including phenoxy) is 1. The summed E-state index contributed by atoms with van der Waals surface area (Å²) >= 11 is 6.06. The van der Waals surface area contributed by atoms with Gasteiger partial charge in [-0.3, -0.25) is 0 Å². The van der Waals surface area contributed by atoms with Gasteiger partial charge in [-0.2, -0.15) is 17.7 Å². The van der Waals surface area contributed by atoms with E-state index in [-0.39, 0.29) is 11.3 Å². The molecule has 1 aromatic heterocycles. The fraction of sp³-hybridized carbons (Fsp3) is 0.500. The van der Waals surface area contributed by atoms with Crippen LogP contribution in [-0.4, -0.2) is 43.1 Å². The molecule has 0 radical (unpaired) electrons. The highest BCUT2D eigenvalue weighted by Gasteiger charge is 2.58. The van der Waals surface area contributed by atoms with Crippen molar-refractivity contribution in [1.82, 2.24) is 14.4 Å². The van der Waals surface area contributed by atoms with Crippen LogP contribution in [0, 0.1) is 5.41 Å². The van der Waals surface area contributed by atoms with Gasteiger partial charge in [0, 0.05) is 24.0 Å². The molecule has 0 amide bonds. The van der Waals surface area contributed by atoms with Gasteiger partial charge in [-0.25, -0.2) is 5.14 Å². The minimum atomic E-state index is -3.62. The van der Waals surface area contributed by atoms with E-state index in [1.807, 2.05) is 0 Å². The van der Waals surface area contributed by atoms with E-state index in [1.165, 1.54) is 4.31 Å². The van der Waals surface area contributed by atoms with Crippen LogP contribution in [0.5, 0.6) is 5.75 Å². The molecule has 26 heavy (non-hydrogen) atoms. The molecule has 10 heteroatoms. The summed E-state index contributed by atoms with van der Waals surface area (Å²) in [6, 6.07) is 5.21. The van der Waals surface area contributed by atoms with Gasteiger partial charge in [0.05, 0.1) is 12.7 Å². The summed E-state index contributed by atoms with van der Waals surface area (Å²) in [6.07, 6.45) is 2.42. The second kappa shape index (κ2) is 6.19. The van der Waals surface area contributed by atoms with E-state index < -0.39 is 10.2 Å². The molecule has 2 fully saturated rings. The lowest BCUT2D eigenvalue weighted by Crippen LogP contribution is -2.43. The highest BCUT2D eigenvalue weighted by Crippen LogP contribution is 2.64. The molecule has 1 saturated heterocycles. The van der Waals surface area contributed by atoms with Gasteiger partial charge in [0.25, 0.3) is 16.1 Å². The Morgan fingerprint density at radius 1 is 1.38 bits per heavy atom. The number of nitrogens with zero attached hydrogens (tertiary/aromatic N) is 3. The van der Waals surface area contributed by atoms with Crippen molar-refractivity contribution in [3.8, 4) is 17.2 Å². The SMILES string of the molecule is COc1ccc(Cl)cc1-c1nc([C@@H]2CC23CCN(S(N)(=O)=O)CC3)no1. The molecule has 2 aromatic rings. The molecule has 8 nitrogen and oxygen atoms in total. The Labute approximate surface area is 156 Å². The standard InChI is InChI=1S/C16H19ClN4O4S/c1-24-13-3-2-10(17)8-11(13)15-19-14(20-25-15)12-9-16(12)4-6-21(7-5-16)26(18,22)23/h2-3,8,12H,4-7,9H2,1H3,(H2,18,22,23)/t12-/m0/s1. The molecule has 4 rings (SSSR count). The third-order valence-electron chi connectivity index (χ3n) is 5.41. The Kier molecular flexibility index (Phi) is 4.22. The van der Waals surface area contributed by atoms with Crippen LogP contribution in [0.15, 0.2) is 22.7 Å². The maximum absolute atomic E-state index is 11.5. The molecule has 1 aliphatic carbocycles. The molecule has 0 unspecified atom stereocenters. The molecular weight excluding hydrogens is 380 g/mol. The van der Waals surface area contributed by atoms with Crippen LogP contribution in [-0.2, 0) is 10.2 Å². The largest absolute Gasteiger partial charge is 0.496 e. The number of nitrogens with two attached hydrogens (primary N) is 1. The van der Waals surface area contributed by atoms with E-state index in [0.29, 0.717) is 41.1 Å². The lowest BCUT2D eigenvalue weighted by atomic mass is 9.92. The first kappa shape index (κ1) is 17.7. The molecular formula is C16H19ClN4O4S. The summed E-state index contributed by atoms with van der Waals surface area (Å²) in [6.45, 7) is 0.865. The maximum Gasteiger partial charge on any atom is 0.276 e. The van der Waals surface area contributed by atoms with Crippen LogP contribution in [0.2, 0.25) is 5.02 Å². The van der Waals surface area contributed by atoms with Gasteiger partial charge in [-0.05, 0) is 42.9 Å². The summed E-state index contributed by atoms with van der Waals surface area (Å²) in [5, 5.41) is 9.90. The number of methoxy groups -OCH3 is 1. The zero-order valence-electron chi connectivity index (χ0n) is 14.2. The van der Waals surface area contributed by atoms with Crippen molar-refractivity contribution >= 4 is 21.8 Å². The summed E-state index contributed by atoms with van der Waals surface area (Å²) in [5.41, 5.74) is 0.693. The zero-order valence-corrected chi connectivity index (χ0v) is 15.8. The van der Waals surface area contributed by atoms with Crippen LogP contribution in [0.3, 0.4) is 0 Å². The molecule has 1 aromatic carbocycles. The van der Waals surface area contributed by atoms with E-state index >= 15 is 0 Å². The summed E-state index contributed by atoms with van der Waals surface area (Å²) in [4.78, 5) is 4.54. The van der Waals surface area contributed by atoms with E-state index in [2.05, 4.69) is 10.1 Å². The van der Waals surface area contributed by atoms with Crippen LogP contribution in [0.1, 0.15) is 31.0 Å². The van der Waals surface area contributed by atoms with Gasteiger partial charge in [0.2, 0.25) is 0 Å².